The summed E-state index contributed by atoms with van der Waals surface area (Å²) < 4.78 is 14.7. The molecule has 4 rings (SSSR count). The molecule has 2 aromatic carbocycles. The fourth-order valence-electron chi connectivity index (χ4n) is 4.52. The lowest BCUT2D eigenvalue weighted by Gasteiger charge is -2.28. The quantitative estimate of drug-likeness (QED) is 0.424. The van der Waals surface area contributed by atoms with Crippen molar-refractivity contribution in [1.82, 2.24) is 15.2 Å². The average Bonchev–Trinajstić information content (AvgIpc) is 2.85. The van der Waals surface area contributed by atoms with Crippen molar-refractivity contribution in [3.63, 3.8) is 0 Å². The second-order valence-electron chi connectivity index (χ2n) is 9.88. The van der Waals surface area contributed by atoms with Crippen LogP contribution in [-0.4, -0.2) is 46.9 Å². The molecule has 0 fully saturated rings. The maximum atomic E-state index is 14.7. The molecule has 3 aromatic rings. The van der Waals surface area contributed by atoms with Gasteiger partial charge in [-0.25, -0.2) is 9.37 Å². The zero-order valence-electron chi connectivity index (χ0n) is 21.8. The first-order chi connectivity index (χ1) is 18.1. The third kappa shape index (κ3) is 6.60. The summed E-state index contributed by atoms with van der Waals surface area (Å²) in [5, 5.41) is 8.73. The fraction of sp³-hybridized carbons (Fsp3) is 0.310. The number of amides is 3. The van der Waals surface area contributed by atoms with Gasteiger partial charge in [0.15, 0.2) is 5.67 Å². The molecule has 3 N–H and O–H groups in total. The van der Waals surface area contributed by atoms with Crippen LogP contribution in [0, 0.1) is 0 Å². The van der Waals surface area contributed by atoms with Crippen LogP contribution in [0.25, 0.3) is 0 Å². The SMILES string of the molecule is CNCc1ccccc1CN(CC(=O)Nc1ccc2c(c1)CC(=O)Nc1ncccc1C2)C(=O)C(C)(C)F. The van der Waals surface area contributed by atoms with E-state index in [2.05, 4.69) is 20.9 Å². The lowest BCUT2D eigenvalue weighted by molar-refractivity contribution is -0.144. The van der Waals surface area contributed by atoms with Gasteiger partial charge in [-0.3, -0.25) is 14.4 Å². The molecule has 0 atom stereocenters. The molecule has 0 saturated heterocycles. The summed E-state index contributed by atoms with van der Waals surface area (Å²) in [4.78, 5) is 44.0. The maximum absolute atomic E-state index is 14.7. The number of halogens is 1. The van der Waals surface area contributed by atoms with Crippen molar-refractivity contribution < 1.29 is 18.8 Å². The van der Waals surface area contributed by atoms with Crippen molar-refractivity contribution in [2.45, 2.75) is 45.4 Å². The first-order valence-corrected chi connectivity index (χ1v) is 12.5. The Bertz CT molecular complexity index is 1350. The van der Waals surface area contributed by atoms with E-state index in [0.717, 1.165) is 27.8 Å². The number of benzene rings is 2. The van der Waals surface area contributed by atoms with Crippen LogP contribution in [0.4, 0.5) is 15.9 Å². The van der Waals surface area contributed by atoms with Gasteiger partial charge in [0, 0.05) is 31.4 Å². The number of nitrogens with one attached hydrogen (secondary N) is 3. The number of hydrogen-bond donors (Lipinski definition) is 3. The van der Waals surface area contributed by atoms with Crippen LogP contribution in [0.15, 0.2) is 60.8 Å². The Hall–Kier alpha value is -4.11. The number of carbonyl (C=O) groups is 3. The van der Waals surface area contributed by atoms with E-state index in [1.807, 2.05) is 49.5 Å². The van der Waals surface area contributed by atoms with Crippen molar-refractivity contribution in [2.75, 3.05) is 24.2 Å². The molecule has 1 aromatic heterocycles. The number of aromatic nitrogens is 1. The number of alkyl halides is 1. The smallest absolute Gasteiger partial charge is 0.260 e. The van der Waals surface area contributed by atoms with E-state index in [9.17, 15) is 18.8 Å². The normalized spacial score (nSPS) is 12.9. The maximum Gasteiger partial charge on any atom is 0.260 e. The van der Waals surface area contributed by atoms with Crippen molar-refractivity contribution in [1.29, 1.82) is 0 Å². The Morgan fingerprint density at radius 2 is 1.79 bits per heavy atom. The van der Waals surface area contributed by atoms with Crippen LogP contribution < -0.4 is 16.0 Å². The molecule has 0 aliphatic carbocycles. The van der Waals surface area contributed by atoms with Gasteiger partial charge in [0.25, 0.3) is 5.91 Å². The summed E-state index contributed by atoms with van der Waals surface area (Å²) in [6, 6.07) is 16.7. The van der Waals surface area contributed by atoms with Crippen LogP contribution in [0.5, 0.6) is 0 Å². The molecule has 0 spiro atoms. The van der Waals surface area contributed by atoms with Crippen LogP contribution in [-0.2, 0) is 40.3 Å². The average molecular weight is 518 g/mol. The zero-order chi connectivity index (χ0) is 27.3. The van der Waals surface area contributed by atoms with E-state index in [1.165, 1.54) is 18.7 Å². The van der Waals surface area contributed by atoms with Gasteiger partial charge < -0.3 is 20.9 Å². The summed E-state index contributed by atoms with van der Waals surface area (Å²) in [6.45, 7) is 2.72. The zero-order valence-corrected chi connectivity index (χ0v) is 21.8. The second kappa shape index (κ2) is 11.5. The van der Waals surface area contributed by atoms with Gasteiger partial charge in [0.05, 0.1) is 6.42 Å². The van der Waals surface area contributed by atoms with E-state index in [0.29, 0.717) is 24.5 Å². The van der Waals surface area contributed by atoms with Crippen molar-refractivity contribution in [3.05, 3.63) is 88.6 Å². The standard InChI is InChI=1S/C29H32FN5O3/c1-29(2,30)28(38)35(17-22-8-5-4-7-21(22)16-31-3)18-26(37)33-24-11-10-19-13-20-9-6-12-32-27(20)34-25(36)15-23(19)14-24/h4-12,14,31H,13,15-18H2,1-3H3,(H,33,37)(H,32,34,36). The minimum Gasteiger partial charge on any atom is -0.326 e. The molecule has 0 saturated carbocycles. The van der Waals surface area contributed by atoms with Gasteiger partial charge in [-0.05, 0) is 66.9 Å². The molecule has 1 aliphatic rings. The summed E-state index contributed by atoms with van der Waals surface area (Å²) in [7, 11) is 1.82. The number of anilines is 2. The molecule has 1 aliphatic heterocycles. The molecule has 2 heterocycles. The summed E-state index contributed by atoms with van der Waals surface area (Å²) in [6.07, 6.45) is 2.36. The third-order valence-corrected chi connectivity index (χ3v) is 6.35. The molecule has 3 amide bonds. The van der Waals surface area contributed by atoms with Crippen molar-refractivity contribution in [2.24, 2.45) is 0 Å². The fourth-order valence-corrected chi connectivity index (χ4v) is 4.52. The molecule has 0 bridgehead atoms. The predicted molar refractivity (Wildman–Crippen MR) is 144 cm³/mol. The lowest BCUT2D eigenvalue weighted by Crippen LogP contribution is -2.45. The van der Waals surface area contributed by atoms with Gasteiger partial charge >= 0.3 is 0 Å². The Balaban J connectivity index is 1.52. The van der Waals surface area contributed by atoms with Gasteiger partial charge in [0.1, 0.15) is 12.4 Å². The monoisotopic (exact) mass is 517 g/mol. The first kappa shape index (κ1) is 26.9. The number of pyridine rings is 1. The van der Waals surface area contributed by atoms with E-state index in [1.54, 1.807) is 18.3 Å². The number of carbonyl (C=O) groups excluding carboxylic acids is 3. The predicted octanol–water partition coefficient (Wildman–Crippen LogP) is 3.60. The molecular formula is C29H32FN5O3. The summed E-state index contributed by atoms with van der Waals surface area (Å²) >= 11 is 0. The van der Waals surface area contributed by atoms with E-state index < -0.39 is 17.5 Å². The Labute approximate surface area is 221 Å². The van der Waals surface area contributed by atoms with Gasteiger partial charge in [-0.2, -0.15) is 0 Å². The molecule has 8 nitrogen and oxygen atoms in total. The highest BCUT2D eigenvalue weighted by Gasteiger charge is 2.33. The van der Waals surface area contributed by atoms with E-state index in [-0.39, 0.29) is 25.4 Å². The highest BCUT2D eigenvalue weighted by Crippen LogP contribution is 2.25. The van der Waals surface area contributed by atoms with Gasteiger partial charge in [-0.15, -0.1) is 0 Å². The van der Waals surface area contributed by atoms with Crippen LogP contribution in [0.2, 0.25) is 0 Å². The molecule has 0 unspecified atom stereocenters. The second-order valence-corrected chi connectivity index (χ2v) is 9.88. The van der Waals surface area contributed by atoms with Crippen LogP contribution in [0.3, 0.4) is 0 Å². The number of rotatable bonds is 8. The largest absolute Gasteiger partial charge is 0.326 e. The Kier molecular flexibility index (Phi) is 8.16. The molecule has 0 radical (unpaired) electrons. The molecule has 9 heteroatoms. The topological polar surface area (TPSA) is 103 Å². The van der Waals surface area contributed by atoms with E-state index >= 15 is 0 Å². The number of fused-ring (bicyclic) bond motifs is 2. The van der Waals surface area contributed by atoms with Gasteiger partial charge in [-0.1, -0.05) is 36.4 Å². The first-order valence-electron chi connectivity index (χ1n) is 12.5. The van der Waals surface area contributed by atoms with Crippen LogP contribution >= 0.6 is 0 Å². The Morgan fingerprint density at radius 1 is 1.03 bits per heavy atom. The van der Waals surface area contributed by atoms with E-state index in [4.69, 9.17) is 0 Å². The Morgan fingerprint density at radius 3 is 2.53 bits per heavy atom. The third-order valence-electron chi connectivity index (χ3n) is 6.35. The lowest BCUT2D eigenvalue weighted by atomic mass is 9.95. The highest BCUT2D eigenvalue weighted by atomic mass is 19.1. The molecular weight excluding hydrogens is 485 g/mol. The molecule has 38 heavy (non-hydrogen) atoms. The highest BCUT2D eigenvalue weighted by molar-refractivity contribution is 5.96. The minimum atomic E-state index is -2.14. The minimum absolute atomic E-state index is 0.0925. The summed E-state index contributed by atoms with van der Waals surface area (Å²) in [5.41, 5.74) is 2.80. The summed E-state index contributed by atoms with van der Waals surface area (Å²) in [5.74, 6) is -0.874. The van der Waals surface area contributed by atoms with Crippen LogP contribution in [0.1, 0.15) is 41.7 Å². The number of hydrogen-bond acceptors (Lipinski definition) is 5. The molecule has 198 valence electrons. The van der Waals surface area contributed by atoms with Crippen molar-refractivity contribution in [3.8, 4) is 0 Å². The van der Waals surface area contributed by atoms with Crippen molar-refractivity contribution >= 4 is 29.2 Å². The van der Waals surface area contributed by atoms with Gasteiger partial charge in [0.2, 0.25) is 11.8 Å². The number of nitrogens with zero attached hydrogens (tertiary/aromatic N) is 2.